The smallest absolute Gasteiger partial charge is 0.238 e. The summed E-state index contributed by atoms with van der Waals surface area (Å²) in [6, 6.07) is 15.0. The summed E-state index contributed by atoms with van der Waals surface area (Å²) in [7, 11) is -2.22. The number of anilines is 1. The fraction of sp³-hybridized carbons (Fsp3) is 0.100. The summed E-state index contributed by atoms with van der Waals surface area (Å²) in [6.45, 7) is 0.445. The van der Waals surface area contributed by atoms with Crippen molar-refractivity contribution in [2.24, 2.45) is 5.14 Å². The number of primary sulfonamides is 1. The minimum atomic E-state index is -3.71. The van der Waals surface area contributed by atoms with Crippen LogP contribution in [0.5, 0.6) is 11.5 Å². The van der Waals surface area contributed by atoms with E-state index >= 15 is 0 Å². The van der Waals surface area contributed by atoms with Gasteiger partial charge in [-0.15, -0.1) is 5.10 Å². The van der Waals surface area contributed by atoms with Crippen LogP contribution in [-0.4, -0.2) is 35.2 Å². The highest BCUT2D eigenvalue weighted by Crippen LogP contribution is 2.31. The van der Waals surface area contributed by atoms with Crippen molar-refractivity contribution in [2.75, 3.05) is 12.4 Å². The first kappa shape index (κ1) is 19.7. The van der Waals surface area contributed by atoms with Crippen LogP contribution >= 0.6 is 0 Å². The van der Waals surface area contributed by atoms with Gasteiger partial charge >= 0.3 is 0 Å². The molecule has 0 radical (unpaired) electrons. The van der Waals surface area contributed by atoms with E-state index in [4.69, 9.17) is 9.88 Å². The molecular formula is C20H19N5O4S. The number of sulfonamides is 1. The van der Waals surface area contributed by atoms with Crippen LogP contribution in [0.2, 0.25) is 0 Å². The number of rotatable bonds is 6. The molecule has 4 aromatic rings. The predicted molar refractivity (Wildman–Crippen MR) is 112 cm³/mol. The van der Waals surface area contributed by atoms with Crippen molar-refractivity contribution in [3.05, 3.63) is 66.4 Å². The second-order valence-corrected chi connectivity index (χ2v) is 8.12. The molecule has 0 unspecified atom stereocenters. The number of ether oxygens (including phenoxy) is 1. The van der Waals surface area contributed by atoms with Crippen LogP contribution in [0.4, 0.5) is 5.82 Å². The summed E-state index contributed by atoms with van der Waals surface area (Å²) in [4.78, 5) is 4.43. The van der Waals surface area contributed by atoms with Crippen molar-refractivity contribution < 1.29 is 18.3 Å². The molecule has 4 rings (SSSR count). The third kappa shape index (κ3) is 3.91. The van der Waals surface area contributed by atoms with Gasteiger partial charge in [-0.3, -0.25) is 0 Å². The first-order valence-electron chi connectivity index (χ1n) is 8.93. The molecule has 0 saturated carbocycles. The maximum Gasteiger partial charge on any atom is 0.238 e. The maximum atomic E-state index is 11.4. The molecular weight excluding hydrogens is 406 g/mol. The van der Waals surface area contributed by atoms with E-state index < -0.39 is 10.0 Å². The first-order valence-corrected chi connectivity index (χ1v) is 10.5. The Morgan fingerprint density at radius 1 is 1.13 bits per heavy atom. The van der Waals surface area contributed by atoms with E-state index in [-0.39, 0.29) is 10.6 Å². The molecule has 0 fully saturated rings. The monoisotopic (exact) mass is 425 g/mol. The first-order chi connectivity index (χ1) is 14.3. The standard InChI is InChI=1S/C20H19N5O4S/c1-29-18-10-14(4-7-17(18)26)16-12-23-20-9-8-19(24-25(16)20)22-11-13-2-5-15(6-3-13)30(21,27)28/h2-10,12,26H,11H2,1H3,(H,22,24)(H2,21,27,28). The van der Waals surface area contributed by atoms with Crippen molar-refractivity contribution in [1.29, 1.82) is 0 Å². The van der Waals surface area contributed by atoms with Gasteiger partial charge in [0.25, 0.3) is 0 Å². The Hall–Kier alpha value is -3.63. The molecule has 0 amide bonds. The highest BCUT2D eigenvalue weighted by Gasteiger charge is 2.11. The van der Waals surface area contributed by atoms with E-state index in [1.54, 1.807) is 41.0 Å². The number of nitrogens with two attached hydrogens (primary N) is 1. The molecule has 0 bridgehead atoms. The Kier molecular flexibility index (Phi) is 5.02. The second-order valence-electron chi connectivity index (χ2n) is 6.56. The number of aromatic hydroxyl groups is 1. The Labute approximate surface area is 172 Å². The van der Waals surface area contributed by atoms with E-state index in [1.165, 1.54) is 19.2 Å². The molecule has 0 saturated heterocycles. The third-order valence-electron chi connectivity index (χ3n) is 4.56. The number of imidazole rings is 1. The molecule has 154 valence electrons. The number of benzene rings is 2. The van der Waals surface area contributed by atoms with Crippen LogP contribution in [-0.2, 0) is 16.6 Å². The number of methoxy groups -OCH3 is 1. The van der Waals surface area contributed by atoms with Gasteiger partial charge in [0.05, 0.1) is 23.9 Å². The number of fused-ring (bicyclic) bond motifs is 1. The number of hydrogen-bond acceptors (Lipinski definition) is 7. The molecule has 4 N–H and O–H groups in total. The second kappa shape index (κ2) is 7.65. The zero-order valence-electron chi connectivity index (χ0n) is 16.0. The third-order valence-corrected chi connectivity index (χ3v) is 5.49. The molecule has 2 aromatic heterocycles. The largest absolute Gasteiger partial charge is 0.504 e. The summed E-state index contributed by atoms with van der Waals surface area (Å²) >= 11 is 0. The Morgan fingerprint density at radius 3 is 2.60 bits per heavy atom. The van der Waals surface area contributed by atoms with E-state index in [0.29, 0.717) is 23.8 Å². The number of hydrogen-bond donors (Lipinski definition) is 3. The van der Waals surface area contributed by atoms with Gasteiger partial charge < -0.3 is 15.2 Å². The van der Waals surface area contributed by atoms with E-state index in [9.17, 15) is 13.5 Å². The average molecular weight is 425 g/mol. The molecule has 0 atom stereocenters. The fourth-order valence-corrected chi connectivity index (χ4v) is 3.51. The molecule has 9 nitrogen and oxygen atoms in total. The van der Waals surface area contributed by atoms with Gasteiger partial charge in [-0.25, -0.2) is 23.1 Å². The van der Waals surface area contributed by atoms with Crippen molar-refractivity contribution in [3.8, 4) is 22.8 Å². The summed E-state index contributed by atoms with van der Waals surface area (Å²) in [5, 5.41) is 22.7. The number of nitrogens with one attached hydrogen (secondary N) is 1. The van der Waals surface area contributed by atoms with E-state index in [0.717, 1.165) is 16.8 Å². The maximum absolute atomic E-state index is 11.4. The molecule has 2 heterocycles. The lowest BCUT2D eigenvalue weighted by molar-refractivity contribution is 0.373. The van der Waals surface area contributed by atoms with Gasteiger partial charge in [-0.2, -0.15) is 0 Å². The zero-order valence-corrected chi connectivity index (χ0v) is 16.8. The predicted octanol–water partition coefficient (Wildman–Crippen LogP) is 2.37. The quantitative estimate of drug-likeness (QED) is 0.432. The number of nitrogens with zero attached hydrogens (tertiary/aromatic N) is 3. The van der Waals surface area contributed by atoms with Crippen molar-refractivity contribution in [2.45, 2.75) is 11.4 Å². The number of phenols is 1. The number of phenolic OH excluding ortho intramolecular Hbond substituents is 1. The van der Waals surface area contributed by atoms with Gasteiger partial charge in [-0.1, -0.05) is 12.1 Å². The summed E-state index contributed by atoms with van der Waals surface area (Å²) in [6.07, 6.45) is 1.70. The minimum Gasteiger partial charge on any atom is -0.504 e. The van der Waals surface area contributed by atoms with Crippen LogP contribution in [0.25, 0.3) is 16.9 Å². The lowest BCUT2D eigenvalue weighted by Gasteiger charge is -2.09. The Bertz CT molecular complexity index is 1320. The van der Waals surface area contributed by atoms with Crippen LogP contribution in [0, 0.1) is 0 Å². The van der Waals surface area contributed by atoms with Crippen LogP contribution in [0.15, 0.2) is 65.7 Å². The Morgan fingerprint density at radius 2 is 1.90 bits per heavy atom. The topological polar surface area (TPSA) is 132 Å². The van der Waals surface area contributed by atoms with Gasteiger partial charge in [0.1, 0.15) is 5.82 Å². The van der Waals surface area contributed by atoms with E-state index in [2.05, 4.69) is 15.4 Å². The zero-order chi connectivity index (χ0) is 21.3. The Balaban J connectivity index is 1.58. The molecule has 10 heteroatoms. The minimum absolute atomic E-state index is 0.0545. The summed E-state index contributed by atoms with van der Waals surface area (Å²) in [5.41, 5.74) is 3.07. The van der Waals surface area contributed by atoms with Gasteiger partial charge in [-0.05, 0) is 48.0 Å². The normalized spacial score (nSPS) is 11.5. The molecule has 0 spiro atoms. The fourth-order valence-electron chi connectivity index (χ4n) is 2.99. The molecule has 0 aliphatic rings. The summed E-state index contributed by atoms with van der Waals surface area (Å²) < 4.78 is 29.6. The van der Waals surface area contributed by atoms with Crippen molar-refractivity contribution >= 4 is 21.5 Å². The van der Waals surface area contributed by atoms with Crippen LogP contribution < -0.4 is 15.2 Å². The SMILES string of the molecule is COc1cc(-c2cnc3ccc(NCc4ccc(S(N)(=O)=O)cc4)nn23)ccc1O. The molecule has 30 heavy (non-hydrogen) atoms. The van der Waals surface area contributed by atoms with E-state index in [1.807, 2.05) is 12.1 Å². The van der Waals surface area contributed by atoms with Crippen LogP contribution in [0.3, 0.4) is 0 Å². The van der Waals surface area contributed by atoms with Gasteiger partial charge in [0.2, 0.25) is 10.0 Å². The highest BCUT2D eigenvalue weighted by atomic mass is 32.2. The van der Waals surface area contributed by atoms with Gasteiger partial charge in [0, 0.05) is 12.1 Å². The molecule has 2 aromatic carbocycles. The van der Waals surface area contributed by atoms with Crippen molar-refractivity contribution in [1.82, 2.24) is 14.6 Å². The molecule has 0 aliphatic carbocycles. The lowest BCUT2D eigenvalue weighted by atomic mass is 10.1. The summed E-state index contributed by atoms with van der Waals surface area (Å²) in [5.74, 6) is 1.03. The lowest BCUT2D eigenvalue weighted by Crippen LogP contribution is -2.12. The number of aromatic nitrogens is 3. The van der Waals surface area contributed by atoms with Gasteiger partial charge in [0.15, 0.2) is 17.1 Å². The average Bonchev–Trinajstić information content (AvgIpc) is 3.15. The van der Waals surface area contributed by atoms with Crippen molar-refractivity contribution in [3.63, 3.8) is 0 Å². The molecule has 0 aliphatic heterocycles. The highest BCUT2D eigenvalue weighted by molar-refractivity contribution is 7.89. The van der Waals surface area contributed by atoms with Crippen LogP contribution in [0.1, 0.15) is 5.56 Å².